The van der Waals surface area contributed by atoms with Crippen molar-refractivity contribution in [2.24, 2.45) is 5.92 Å². The summed E-state index contributed by atoms with van der Waals surface area (Å²) in [6, 6.07) is 7.89. The van der Waals surface area contributed by atoms with Gasteiger partial charge in [-0.15, -0.1) is 11.3 Å². The van der Waals surface area contributed by atoms with Gasteiger partial charge in [-0.1, -0.05) is 23.9 Å². The highest BCUT2D eigenvalue weighted by Gasteiger charge is 2.35. The second-order valence-corrected chi connectivity index (χ2v) is 7.26. The van der Waals surface area contributed by atoms with Gasteiger partial charge >= 0.3 is 5.97 Å². The summed E-state index contributed by atoms with van der Waals surface area (Å²) < 4.78 is 1.99. The van der Waals surface area contributed by atoms with Gasteiger partial charge in [0.15, 0.2) is 4.34 Å². The summed E-state index contributed by atoms with van der Waals surface area (Å²) in [5.41, 5.74) is 0.953. The van der Waals surface area contributed by atoms with Crippen molar-refractivity contribution in [3.63, 3.8) is 0 Å². The van der Waals surface area contributed by atoms with E-state index in [1.165, 1.54) is 11.8 Å². The maximum Gasteiger partial charge on any atom is 0.306 e. The number of benzene rings is 1. The molecule has 1 aromatic carbocycles. The fourth-order valence-corrected chi connectivity index (χ4v) is 4.13. The van der Waals surface area contributed by atoms with Crippen LogP contribution in [0.25, 0.3) is 10.2 Å². The van der Waals surface area contributed by atoms with Crippen LogP contribution in [0, 0.1) is 5.92 Å². The van der Waals surface area contributed by atoms with E-state index in [9.17, 15) is 9.59 Å². The molecular weight excluding hydrogens is 308 g/mol. The molecule has 2 N–H and O–H groups in total. The number of para-hydroxylation sites is 1. The molecule has 0 spiro atoms. The Balaban J connectivity index is 1.47. The standard InChI is InChI=1S/C14H14N2O3S2/c17-12(15-9-5-8(6-9)13(18)19)7-20-14-16-10-3-1-2-4-11(10)21-14/h1-4,8-9H,5-7H2,(H,15,17)(H,18,19). The molecule has 21 heavy (non-hydrogen) atoms. The second-order valence-electron chi connectivity index (χ2n) is 5.01. The highest BCUT2D eigenvalue weighted by Crippen LogP contribution is 2.30. The number of carboxylic acid groups (broad SMARTS) is 1. The third-order valence-corrected chi connectivity index (χ3v) is 5.63. The smallest absolute Gasteiger partial charge is 0.306 e. The van der Waals surface area contributed by atoms with E-state index in [1.54, 1.807) is 11.3 Å². The Labute approximate surface area is 129 Å². The fraction of sp³-hybridized carbons (Fsp3) is 0.357. The van der Waals surface area contributed by atoms with Crippen LogP contribution >= 0.6 is 23.1 Å². The van der Waals surface area contributed by atoms with Crippen LogP contribution in [0.4, 0.5) is 0 Å². The predicted molar refractivity (Wildman–Crippen MR) is 82.6 cm³/mol. The summed E-state index contributed by atoms with van der Waals surface area (Å²) in [5.74, 6) is -0.821. The van der Waals surface area contributed by atoms with Gasteiger partial charge in [-0.25, -0.2) is 4.98 Å². The summed E-state index contributed by atoms with van der Waals surface area (Å²) >= 11 is 2.99. The molecule has 1 aromatic heterocycles. The van der Waals surface area contributed by atoms with Gasteiger partial charge in [-0.05, 0) is 25.0 Å². The third kappa shape index (κ3) is 3.36. The number of aliphatic carboxylic acids is 1. The number of nitrogens with zero attached hydrogens (tertiary/aromatic N) is 1. The van der Waals surface area contributed by atoms with Crippen molar-refractivity contribution < 1.29 is 14.7 Å². The van der Waals surface area contributed by atoms with E-state index in [0.717, 1.165) is 14.6 Å². The topological polar surface area (TPSA) is 79.3 Å². The van der Waals surface area contributed by atoms with Crippen molar-refractivity contribution in [1.29, 1.82) is 0 Å². The fourth-order valence-electron chi connectivity index (χ4n) is 2.25. The average Bonchev–Trinajstić information content (AvgIpc) is 2.82. The van der Waals surface area contributed by atoms with Gasteiger partial charge in [-0.3, -0.25) is 9.59 Å². The number of thiazole rings is 1. The van der Waals surface area contributed by atoms with Crippen LogP contribution < -0.4 is 5.32 Å². The minimum absolute atomic E-state index is 0.00886. The number of fused-ring (bicyclic) bond motifs is 1. The number of amides is 1. The molecule has 3 rings (SSSR count). The number of thioether (sulfide) groups is 1. The van der Waals surface area contributed by atoms with Crippen LogP contribution in [0.1, 0.15) is 12.8 Å². The molecule has 110 valence electrons. The normalized spacial score (nSPS) is 21.0. The zero-order valence-corrected chi connectivity index (χ0v) is 12.7. The molecule has 0 radical (unpaired) electrons. The Morgan fingerprint density at radius 3 is 2.86 bits per heavy atom. The van der Waals surface area contributed by atoms with Gasteiger partial charge < -0.3 is 10.4 Å². The van der Waals surface area contributed by atoms with Crippen molar-refractivity contribution in [3.8, 4) is 0 Å². The zero-order chi connectivity index (χ0) is 14.8. The monoisotopic (exact) mass is 322 g/mol. The summed E-state index contributed by atoms with van der Waals surface area (Å²) in [4.78, 5) is 27.0. The van der Waals surface area contributed by atoms with Gasteiger partial charge in [0.25, 0.3) is 0 Å². The molecule has 1 heterocycles. The quantitative estimate of drug-likeness (QED) is 0.826. The lowest BCUT2D eigenvalue weighted by atomic mass is 9.80. The summed E-state index contributed by atoms with van der Waals surface area (Å²) in [7, 11) is 0. The largest absolute Gasteiger partial charge is 0.481 e. The Morgan fingerprint density at radius 1 is 1.38 bits per heavy atom. The molecule has 0 saturated heterocycles. The molecule has 7 heteroatoms. The van der Waals surface area contributed by atoms with Crippen LogP contribution in [0.15, 0.2) is 28.6 Å². The lowest BCUT2D eigenvalue weighted by Gasteiger charge is -2.32. The first-order valence-corrected chi connectivity index (χ1v) is 8.42. The van der Waals surface area contributed by atoms with Gasteiger partial charge in [-0.2, -0.15) is 0 Å². The molecule has 1 fully saturated rings. The summed E-state index contributed by atoms with van der Waals surface area (Å²) in [6.45, 7) is 0. The number of hydrogen-bond donors (Lipinski definition) is 2. The highest BCUT2D eigenvalue weighted by atomic mass is 32.2. The van der Waals surface area contributed by atoms with Crippen molar-refractivity contribution >= 4 is 45.2 Å². The van der Waals surface area contributed by atoms with Gasteiger partial charge in [0.05, 0.1) is 21.9 Å². The van der Waals surface area contributed by atoms with Crippen molar-refractivity contribution in [1.82, 2.24) is 10.3 Å². The maximum atomic E-state index is 11.8. The molecular formula is C14H14N2O3S2. The van der Waals surface area contributed by atoms with Crippen molar-refractivity contribution in [3.05, 3.63) is 24.3 Å². The van der Waals surface area contributed by atoms with E-state index < -0.39 is 5.97 Å². The summed E-state index contributed by atoms with van der Waals surface area (Å²) in [5, 5.41) is 11.6. The first-order valence-electron chi connectivity index (χ1n) is 6.62. The molecule has 0 atom stereocenters. The van der Waals surface area contributed by atoms with E-state index in [-0.39, 0.29) is 17.9 Å². The Hall–Kier alpha value is -1.60. The number of carbonyl (C=O) groups excluding carboxylic acids is 1. The van der Waals surface area contributed by atoms with Gasteiger partial charge in [0, 0.05) is 6.04 Å². The molecule has 1 aliphatic rings. The lowest BCUT2D eigenvalue weighted by Crippen LogP contribution is -2.47. The van der Waals surface area contributed by atoms with E-state index in [1.807, 2.05) is 24.3 Å². The van der Waals surface area contributed by atoms with Crippen LogP contribution in [-0.4, -0.2) is 33.8 Å². The second kappa shape index (κ2) is 6.03. The summed E-state index contributed by atoms with van der Waals surface area (Å²) in [6.07, 6.45) is 1.07. The minimum atomic E-state index is -0.774. The number of nitrogens with one attached hydrogen (secondary N) is 1. The molecule has 1 amide bonds. The first kappa shape index (κ1) is 14.3. The van der Waals surface area contributed by atoms with E-state index in [2.05, 4.69) is 10.3 Å². The third-order valence-electron chi connectivity index (χ3n) is 3.45. The lowest BCUT2D eigenvalue weighted by molar-refractivity contribution is -0.146. The zero-order valence-electron chi connectivity index (χ0n) is 11.1. The number of rotatable bonds is 5. The number of aromatic nitrogens is 1. The van der Waals surface area contributed by atoms with Gasteiger partial charge in [0.2, 0.25) is 5.91 Å². The van der Waals surface area contributed by atoms with E-state index >= 15 is 0 Å². The van der Waals surface area contributed by atoms with Crippen LogP contribution in [0.5, 0.6) is 0 Å². The van der Waals surface area contributed by atoms with Crippen LogP contribution in [-0.2, 0) is 9.59 Å². The Kier molecular flexibility index (Phi) is 4.12. The van der Waals surface area contributed by atoms with Crippen molar-refractivity contribution in [2.75, 3.05) is 5.75 Å². The maximum absolute atomic E-state index is 11.8. The minimum Gasteiger partial charge on any atom is -0.481 e. The van der Waals surface area contributed by atoms with E-state index in [4.69, 9.17) is 5.11 Å². The molecule has 5 nitrogen and oxygen atoms in total. The average molecular weight is 322 g/mol. The van der Waals surface area contributed by atoms with Gasteiger partial charge in [0.1, 0.15) is 0 Å². The van der Waals surface area contributed by atoms with Crippen molar-refractivity contribution in [2.45, 2.75) is 23.2 Å². The number of hydrogen-bond acceptors (Lipinski definition) is 5. The number of carbonyl (C=O) groups is 2. The van der Waals surface area contributed by atoms with Crippen LogP contribution in [0.2, 0.25) is 0 Å². The predicted octanol–water partition coefficient (Wildman–Crippen LogP) is 2.37. The van der Waals surface area contributed by atoms with E-state index in [0.29, 0.717) is 18.6 Å². The molecule has 0 unspecified atom stereocenters. The SMILES string of the molecule is O=C(CSc1nc2ccccc2s1)NC1CC(C(=O)O)C1. The Morgan fingerprint density at radius 2 is 2.14 bits per heavy atom. The Bertz CT molecular complexity index is 647. The first-order chi connectivity index (χ1) is 10.1. The molecule has 2 aromatic rings. The number of carboxylic acids is 1. The molecule has 0 bridgehead atoms. The molecule has 1 aliphatic carbocycles. The highest BCUT2D eigenvalue weighted by molar-refractivity contribution is 8.01. The molecule has 1 saturated carbocycles. The molecule has 0 aliphatic heterocycles. The van der Waals surface area contributed by atoms with Crippen LogP contribution in [0.3, 0.4) is 0 Å².